The molecule has 11 rings (SSSR count). The molecule has 7 aromatic carbocycles. The Kier molecular flexibility index (Phi) is 6.89. The van der Waals surface area contributed by atoms with Crippen molar-refractivity contribution < 1.29 is 0 Å². The number of hydrogen-bond acceptors (Lipinski definition) is 3. The number of benzene rings is 7. The molecule has 0 N–H and O–H groups in total. The molecule has 0 aliphatic carbocycles. The number of aryl methyl sites for hydroxylation is 5. The lowest BCUT2D eigenvalue weighted by molar-refractivity contribution is 0.590. The molecule has 0 fully saturated rings. The van der Waals surface area contributed by atoms with E-state index >= 15 is 0 Å². The second-order valence-electron chi connectivity index (χ2n) is 17.8. The van der Waals surface area contributed by atoms with Gasteiger partial charge in [-0.1, -0.05) is 121 Å². The second-order valence-corrected chi connectivity index (χ2v) is 17.8. The van der Waals surface area contributed by atoms with Crippen LogP contribution in [0.5, 0.6) is 0 Å². The Morgan fingerprint density at radius 1 is 0.357 bits per heavy atom. The van der Waals surface area contributed by atoms with Gasteiger partial charge in [-0.3, -0.25) is 0 Å². The summed E-state index contributed by atoms with van der Waals surface area (Å²) in [5.74, 6) is 0. The summed E-state index contributed by atoms with van der Waals surface area (Å²) >= 11 is 0. The summed E-state index contributed by atoms with van der Waals surface area (Å²) in [5, 5.41) is 0. The highest BCUT2D eigenvalue weighted by molar-refractivity contribution is 7.04. The van der Waals surface area contributed by atoms with Gasteiger partial charge in [0.05, 0.1) is 0 Å². The predicted molar refractivity (Wildman–Crippen MR) is 242 cm³/mol. The first-order valence-corrected chi connectivity index (χ1v) is 20.2. The van der Waals surface area contributed by atoms with Crippen molar-refractivity contribution in [3.63, 3.8) is 0 Å². The molecule has 4 heterocycles. The van der Waals surface area contributed by atoms with Crippen molar-refractivity contribution in [2.45, 2.75) is 60.8 Å². The molecule has 4 aliphatic rings. The molecule has 0 radical (unpaired) electrons. The maximum atomic E-state index is 2.64. The maximum absolute atomic E-state index is 2.64. The molecule has 7 aromatic rings. The summed E-state index contributed by atoms with van der Waals surface area (Å²) in [5.41, 5.74) is 27.4. The molecule has 0 aromatic heterocycles. The Morgan fingerprint density at radius 2 is 0.696 bits per heavy atom. The molecular weight excluding hydrogens is 676 g/mol. The van der Waals surface area contributed by atoms with Gasteiger partial charge in [0.1, 0.15) is 0 Å². The van der Waals surface area contributed by atoms with E-state index in [-0.39, 0.29) is 18.8 Å². The minimum atomic E-state index is 0.0612. The summed E-state index contributed by atoms with van der Waals surface area (Å²) in [6.45, 7) is 18.2. The summed E-state index contributed by atoms with van der Waals surface area (Å²) in [6.07, 6.45) is 0. The van der Waals surface area contributed by atoms with Gasteiger partial charge in [0, 0.05) is 51.2 Å². The van der Waals surface area contributed by atoms with Gasteiger partial charge in [0.15, 0.2) is 0 Å². The highest BCUT2D eigenvalue weighted by Gasteiger charge is 2.51. The quantitative estimate of drug-likeness (QED) is 0.165. The van der Waals surface area contributed by atoms with E-state index in [1.165, 1.54) is 117 Å². The van der Waals surface area contributed by atoms with Crippen molar-refractivity contribution >= 4 is 97.4 Å². The van der Waals surface area contributed by atoms with Crippen molar-refractivity contribution in [1.29, 1.82) is 0 Å². The third kappa shape index (κ3) is 4.61. The Bertz CT molecular complexity index is 2790. The van der Waals surface area contributed by atoms with E-state index in [4.69, 9.17) is 0 Å². The van der Waals surface area contributed by atoms with Crippen LogP contribution in [0.25, 0.3) is 0 Å². The van der Waals surface area contributed by atoms with Gasteiger partial charge in [0.25, 0.3) is 13.4 Å². The monoisotopic (exact) mass is 721 g/mol. The summed E-state index contributed by atoms with van der Waals surface area (Å²) in [6, 6.07) is 49.6. The van der Waals surface area contributed by atoms with E-state index in [0.29, 0.717) is 0 Å². The maximum Gasteiger partial charge on any atom is 0.252 e. The highest BCUT2D eigenvalue weighted by Crippen LogP contribution is 2.50. The molecule has 3 nitrogen and oxygen atoms in total. The van der Waals surface area contributed by atoms with Crippen molar-refractivity contribution in [3.05, 3.63) is 161 Å². The summed E-state index contributed by atoms with van der Waals surface area (Å²) < 4.78 is 0. The van der Waals surface area contributed by atoms with Crippen LogP contribution in [0.4, 0.5) is 51.2 Å². The largest absolute Gasteiger partial charge is 0.312 e. The third-order valence-corrected chi connectivity index (χ3v) is 12.8. The average molecular weight is 722 g/mol. The molecule has 56 heavy (non-hydrogen) atoms. The molecule has 0 bridgehead atoms. The van der Waals surface area contributed by atoms with Crippen molar-refractivity contribution in [3.8, 4) is 0 Å². The van der Waals surface area contributed by atoms with Crippen LogP contribution < -0.4 is 47.5 Å². The minimum absolute atomic E-state index is 0.0612. The van der Waals surface area contributed by atoms with Crippen molar-refractivity contribution in [2.75, 3.05) is 14.7 Å². The minimum Gasteiger partial charge on any atom is -0.312 e. The standard InChI is InChI=1S/C51H45B2N3/c1-30-9-17-36(18-10-30)54-42-21-11-31(2)25-38(42)52-40-27-33(4)13-23-44(40)56-45-24-14-34(5)28-41(45)53-39-26-32(3)12-22-43(39)55(37-19-15-35(16-20-37)51(6,7)8)47-29-46(54)48(52)50(56)49(47)53/h9-29H,1-8H3. The number of rotatable bonds is 2. The van der Waals surface area contributed by atoms with E-state index in [9.17, 15) is 0 Å². The molecule has 0 amide bonds. The van der Waals surface area contributed by atoms with Gasteiger partial charge >= 0.3 is 0 Å². The molecule has 270 valence electrons. The van der Waals surface area contributed by atoms with Crippen LogP contribution in [0.3, 0.4) is 0 Å². The fourth-order valence-electron chi connectivity index (χ4n) is 10.2. The summed E-state index contributed by atoms with van der Waals surface area (Å²) in [7, 11) is 0. The SMILES string of the molecule is Cc1ccc(N2c3ccc(C)cc3B3c4cc(C)ccc4N4c5ccc(C)cc5B5c6cc(C)ccc6N(c6ccc(C(C)(C)C)cc6)c6cc2c3c4c65)cc1. The number of nitrogens with zero attached hydrogens (tertiary/aromatic N) is 3. The third-order valence-electron chi connectivity index (χ3n) is 12.8. The van der Waals surface area contributed by atoms with Crippen LogP contribution in [-0.4, -0.2) is 13.4 Å². The van der Waals surface area contributed by atoms with Crippen LogP contribution in [0.2, 0.25) is 0 Å². The van der Waals surface area contributed by atoms with Gasteiger partial charge in [-0.05, 0) is 133 Å². The van der Waals surface area contributed by atoms with Gasteiger partial charge < -0.3 is 14.7 Å². The zero-order valence-corrected chi connectivity index (χ0v) is 33.6. The molecule has 0 atom stereocenters. The highest BCUT2D eigenvalue weighted by atomic mass is 15.2. The fraction of sp³-hybridized carbons (Fsp3) is 0.176. The summed E-state index contributed by atoms with van der Waals surface area (Å²) in [4.78, 5) is 7.77. The normalized spacial score (nSPS) is 14.2. The smallest absolute Gasteiger partial charge is 0.252 e. The Labute approximate surface area is 332 Å². The first-order chi connectivity index (χ1) is 27.0. The van der Waals surface area contributed by atoms with Crippen LogP contribution >= 0.6 is 0 Å². The topological polar surface area (TPSA) is 9.72 Å². The van der Waals surface area contributed by atoms with Gasteiger partial charge in [0.2, 0.25) is 0 Å². The molecule has 0 spiro atoms. The van der Waals surface area contributed by atoms with E-state index in [2.05, 4.69) is 197 Å². The van der Waals surface area contributed by atoms with Crippen LogP contribution in [0, 0.1) is 34.6 Å². The first-order valence-electron chi connectivity index (χ1n) is 20.2. The zero-order valence-electron chi connectivity index (χ0n) is 33.6. The van der Waals surface area contributed by atoms with Crippen LogP contribution in [-0.2, 0) is 5.41 Å². The number of hydrogen-bond donors (Lipinski definition) is 0. The average Bonchev–Trinajstić information content (AvgIpc) is 3.17. The zero-order chi connectivity index (χ0) is 38.4. The molecule has 0 unspecified atom stereocenters. The lowest BCUT2D eigenvalue weighted by Crippen LogP contribution is -2.68. The van der Waals surface area contributed by atoms with E-state index in [1.807, 2.05) is 0 Å². The second kappa shape index (κ2) is 11.6. The molecule has 4 aliphatic heterocycles. The molecule has 0 saturated carbocycles. The van der Waals surface area contributed by atoms with Crippen LogP contribution in [0.15, 0.2) is 127 Å². The van der Waals surface area contributed by atoms with E-state index < -0.39 is 0 Å². The van der Waals surface area contributed by atoms with Crippen molar-refractivity contribution in [1.82, 2.24) is 0 Å². The Morgan fingerprint density at radius 3 is 1.07 bits per heavy atom. The number of fused-ring (bicyclic) bond motifs is 10. The van der Waals surface area contributed by atoms with Crippen molar-refractivity contribution in [2.24, 2.45) is 0 Å². The number of anilines is 9. The molecule has 0 saturated heterocycles. The molecular formula is C51H45B2N3. The lowest BCUT2D eigenvalue weighted by Gasteiger charge is -2.51. The Balaban J connectivity index is 1.32. The lowest BCUT2D eigenvalue weighted by atomic mass is 9.28. The fourth-order valence-corrected chi connectivity index (χ4v) is 10.2. The van der Waals surface area contributed by atoms with E-state index in [0.717, 1.165) is 0 Å². The predicted octanol–water partition coefficient (Wildman–Crippen LogP) is 9.22. The molecule has 5 heteroatoms. The first kappa shape index (κ1) is 33.4. The van der Waals surface area contributed by atoms with Gasteiger partial charge in [-0.2, -0.15) is 0 Å². The van der Waals surface area contributed by atoms with Crippen LogP contribution in [0.1, 0.15) is 54.2 Å². The van der Waals surface area contributed by atoms with Gasteiger partial charge in [-0.25, -0.2) is 0 Å². The van der Waals surface area contributed by atoms with E-state index in [1.54, 1.807) is 0 Å². The van der Waals surface area contributed by atoms with Gasteiger partial charge in [-0.15, -0.1) is 0 Å². The Hall–Kier alpha value is -5.93.